The highest BCUT2D eigenvalue weighted by Crippen LogP contribution is 2.17. The van der Waals surface area contributed by atoms with Crippen LogP contribution in [-0.2, 0) is 18.0 Å². The molecule has 0 aromatic heterocycles. The number of rotatable bonds is 17. The summed E-state index contributed by atoms with van der Waals surface area (Å²) in [6, 6.07) is 5.08. The van der Waals surface area contributed by atoms with Gasteiger partial charge in [-0.2, -0.15) is 8.42 Å². The van der Waals surface area contributed by atoms with Crippen LogP contribution in [0.3, 0.4) is 0 Å². The lowest BCUT2D eigenvalue weighted by Crippen LogP contribution is -2.30. The van der Waals surface area contributed by atoms with E-state index in [1.807, 2.05) is 23.0 Å². The Bertz CT molecular complexity index is 696. The highest BCUT2D eigenvalue weighted by Gasteiger charge is 2.11. The van der Waals surface area contributed by atoms with Crippen molar-refractivity contribution in [2.75, 3.05) is 6.54 Å². The number of carbonyl (C=O) groups is 1. The zero-order valence-corrected chi connectivity index (χ0v) is 20.6. The van der Waals surface area contributed by atoms with E-state index in [0.29, 0.717) is 6.42 Å². The molecule has 0 radical (unpaired) electrons. The van der Waals surface area contributed by atoms with Gasteiger partial charge in [-0.1, -0.05) is 45.4 Å². The first kappa shape index (κ1) is 27.3. The summed E-state index contributed by atoms with van der Waals surface area (Å²) in [4.78, 5) is 11.6. The van der Waals surface area contributed by atoms with Crippen LogP contribution in [0.1, 0.15) is 77.6 Å². The summed E-state index contributed by atoms with van der Waals surface area (Å²) in [6.07, 6.45) is 11.6. The van der Waals surface area contributed by atoms with Crippen molar-refractivity contribution in [3.05, 3.63) is 24.3 Å². The van der Waals surface area contributed by atoms with Crippen LogP contribution < -0.4 is 10.1 Å². The minimum Gasteiger partial charge on any atom is -0.427 e. The number of esters is 1. The van der Waals surface area contributed by atoms with Crippen LogP contribution in [0.2, 0.25) is 0 Å². The zero-order chi connectivity index (χ0) is 22.2. The Labute approximate surface area is 194 Å². The Hall–Kier alpha value is -0.750. The van der Waals surface area contributed by atoms with Crippen LogP contribution in [0.4, 0.5) is 0 Å². The summed E-state index contributed by atoms with van der Waals surface area (Å²) in [5, 5.41) is 3.40. The fourth-order valence-electron chi connectivity index (χ4n) is 2.98. The molecular weight excluding hydrogens is 521 g/mol. The number of halogens is 1. The largest absolute Gasteiger partial charge is 0.427 e. The maximum absolute atomic E-state index is 11.9. The molecule has 0 amide bonds. The lowest BCUT2D eigenvalue weighted by Gasteiger charge is -2.15. The van der Waals surface area contributed by atoms with E-state index in [1.54, 1.807) is 0 Å². The molecule has 172 valence electrons. The molecule has 0 fully saturated rings. The highest BCUT2D eigenvalue weighted by molar-refractivity contribution is 14.1. The first-order valence-electron chi connectivity index (χ1n) is 10.7. The molecule has 1 rings (SSSR count). The number of hydrogen-bond acceptors (Lipinski definition) is 6. The van der Waals surface area contributed by atoms with Crippen LogP contribution in [0.25, 0.3) is 0 Å². The first-order valence-corrected chi connectivity index (χ1v) is 13.0. The molecule has 0 saturated carbocycles. The van der Waals surface area contributed by atoms with Gasteiger partial charge in [0, 0.05) is 6.42 Å². The number of nitrogens with one attached hydrogen (secondary N) is 1. The molecule has 7 nitrogen and oxygen atoms in total. The molecule has 2 N–H and O–H groups in total. The maximum Gasteiger partial charge on any atom is 0.311 e. The molecule has 1 unspecified atom stereocenters. The third-order valence-electron chi connectivity index (χ3n) is 4.71. The molecule has 0 saturated heterocycles. The lowest BCUT2D eigenvalue weighted by molar-refractivity contribution is -0.134. The second kappa shape index (κ2) is 16.0. The van der Waals surface area contributed by atoms with E-state index in [4.69, 9.17) is 12.4 Å². The van der Waals surface area contributed by atoms with Gasteiger partial charge in [-0.15, -0.1) is 0 Å². The Morgan fingerprint density at radius 1 is 1.03 bits per heavy atom. The van der Waals surface area contributed by atoms with Gasteiger partial charge in [0.2, 0.25) is 0 Å². The summed E-state index contributed by atoms with van der Waals surface area (Å²) in [5.74, 6) is -0.107. The van der Waals surface area contributed by atoms with Gasteiger partial charge in [0.15, 0.2) is 0 Å². The first-order chi connectivity index (χ1) is 14.4. The van der Waals surface area contributed by atoms with Crippen LogP contribution in [-0.4, -0.2) is 31.7 Å². The molecule has 0 aliphatic heterocycles. The van der Waals surface area contributed by atoms with Crippen LogP contribution in [0.15, 0.2) is 29.2 Å². The van der Waals surface area contributed by atoms with Gasteiger partial charge in [-0.05, 0) is 56.5 Å². The summed E-state index contributed by atoms with van der Waals surface area (Å²) in [6.45, 7) is 3.07. The van der Waals surface area contributed by atoms with Crippen LogP contribution in [0, 0.1) is 0 Å². The molecule has 0 heterocycles. The standard InChI is InChI=1S/C21H34INO6S/c1-2-3-4-5-6-8-11-20(29-22)23-17-10-7-9-12-21(24)28-18-13-15-19(16-14-18)30(25,26)27/h13-16,20,23H,2-12,17H2,1H3,(H,25,26,27). The van der Waals surface area contributed by atoms with E-state index in [0.717, 1.165) is 32.2 Å². The molecule has 0 aliphatic carbocycles. The Morgan fingerprint density at radius 3 is 2.30 bits per heavy atom. The minimum absolute atomic E-state index is 0.0763. The van der Waals surface area contributed by atoms with E-state index in [9.17, 15) is 13.2 Å². The van der Waals surface area contributed by atoms with Crippen molar-refractivity contribution in [3.63, 3.8) is 0 Å². The average molecular weight is 555 g/mol. The molecule has 9 heteroatoms. The predicted molar refractivity (Wildman–Crippen MR) is 125 cm³/mol. The van der Waals surface area contributed by atoms with Crippen LogP contribution in [0.5, 0.6) is 5.75 Å². The summed E-state index contributed by atoms with van der Waals surface area (Å²) >= 11 is 1.95. The summed E-state index contributed by atoms with van der Waals surface area (Å²) < 4.78 is 41.5. The molecule has 1 atom stereocenters. The minimum atomic E-state index is -4.25. The highest BCUT2D eigenvalue weighted by atomic mass is 127. The molecule has 1 aromatic carbocycles. The van der Waals surface area contributed by atoms with Gasteiger partial charge in [-0.25, -0.2) is 0 Å². The van der Waals surface area contributed by atoms with Gasteiger partial charge in [0.1, 0.15) is 35.0 Å². The molecule has 1 aromatic rings. The second-order valence-corrected chi connectivity index (χ2v) is 9.25. The Balaban J connectivity index is 2.10. The zero-order valence-electron chi connectivity index (χ0n) is 17.6. The van der Waals surface area contributed by atoms with Crippen molar-refractivity contribution in [3.8, 4) is 5.75 Å². The van der Waals surface area contributed by atoms with Crippen molar-refractivity contribution in [2.45, 2.75) is 88.7 Å². The van der Waals surface area contributed by atoms with Crippen molar-refractivity contribution in [1.82, 2.24) is 5.32 Å². The van der Waals surface area contributed by atoms with Gasteiger partial charge >= 0.3 is 5.97 Å². The monoisotopic (exact) mass is 555 g/mol. The van der Waals surface area contributed by atoms with Gasteiger partial charge in [-0.3, -0.25) is 17.7 Å². The normalized spacial score (nSPS) is 12.6. The van der Waals surface area contributed by atoms with E-state index >= 15 is 0 Å². The Morgan fingerprint density at radius 2 is 1.67 bits per heavy atom. The van der Waals surface area contributed by atoms with E-state index in [-0.39, 0.29) is 22.8 Å². The molecule has 0 bridgehead atoms. The van der Waals surface area contributed by atoms with Crippen molar-refractivity contribution >= 4 is 39.1 Å². The SMILES string of the molecule is CCCCCCCCC(NCCCCCC(=O)Oc1ccc(S(=O)(=O)O)cc1)OI. The summed E-state index contributed by atoms with van der Waals surface area (Å²) in [7, 11) is -4.25. The van der Waals surface area contributed by atoms with Crippen molar-refractivity contribution < 1.29 is 25.6 Å². The predicted octanol–water partition coefficient (Wildman–Crippen LogP) is 5.43. The number of unbranched alkanes of at least 4 members (excludes halogenated alkanes) is 7. The molecule has 0 aliphatic rings. The topological polar surface area (TPSA) is 102 Å². The number of ether oxygens (including phenoxy) is 1. The summed E-state index contributed by atoms with van der Waals surface area (Å²) in [5.41, 5.74) is 0. The number of carbonyl (C=O) groups excluding carboxylic acids is 1. The Kier molecular flexibility index (Phi) is 14.5. The van der Waals surface area contributed by atoms with E-state index in [1.165, 1.54) is 62.8 Å². The molecule has 30 heavy (non-hydrogen) atoms. The van der Waals surface area contributed by atoms with Crippen LogP contribution >= 0.6 is 23.0 Å². The molecular formula is C21H34INO6S. The van der Waals surface area contributed by atoms with Crippen molar-refractivity contribution in [1.29, 1.82) is 0 Å². The van der Waals surface area contributed by atoms with Crippen molar-refractivity contribution in [2.24, 2.45) is 0 Å². The fourth-order valence-corrected chi connectivity index (χ4v) is 3.90. The van der Waals surface area contributed by atoms with Gasteiger partial charge < -0.3 is 4.74 Å². The number of benzene rings is 1. The second-order valence-electron chi connectivity index (χ2n) is 7.32. The fraction of sp³-hybridized carbons (Fsp3) is 0.667. The quantitative estimate of drug-likeness (QED) is 0.0660. The molecule has 0 spiro atoms. The van der Waals surface area contributed by atoms with Gasteiger partial charge in [0.25, 0.3) is 10.1 Å². The third-order valence-corrected chi connectivity index (χ3v) is 6.19. The third kappa shape index (κ3) is 12.8. The van der Waals surface area contributed by atoms with E-state index < -0.39 is 10.1 Å². The smallest absolute Gasteiger partial charge is 0.311 e. The average Bonchev–Trinajstić information content (AvgIpc) is 2.71. The van der Waals surface area contributed by atoms with Gasteiger partial charge in [0.05, 0.1) is 4.90 Å². The van der Waals surface area contributed by atoms with E-state index in [2.05, 4.69) is 12.2 Å². The maximum atomic E-state index is 11.9. The number of hydrogen-bond donors (Lipinski definition) is 2. The lowest BCUT2D eigenvalue weighted by atomic mass is 10.1.